The Morgan fingerprint density at radius 1 is 1.38 bits per heavy atom. The second-order valence-corrected chi connectivity index (χ2v) is 6.26. The minimum atomic E-state index is -0.450. The molecule has 3 rings (SSSR count). The standard InChI is InChI=1S/C18H21FN4O/c1-13-4-5-15(16(19)10-13)18(24)23-9-6-14(11-23)22(2)12-17-20-7-3-8-21-17/h3-5,7-8,10,14H,6,9,11-12H2,1-2H3. The smallest absolute Gasteiger partial charge is 0.256 e. The van der Waals surface area contributed by atoms with E-state index >= 15 is 0 Å². The third kappa shape index (κ3) is 3.59. The van der Waals surface area contributed by atoms with Crippen LogP contribution in [-0.4, -0.2) is 51.9 Å². The topological polar surface area (TPSA) is 49.3 Å². The molecule has 5 nitrogen and oxygen atoms in total. The van der Waals surface area contributed by atoms with Gasteiger partial charge in [0.25, 0.3) is 5.91 Å². The van der Waals surface area contributed by atoms with Crippen molar-refractivity contribution in [2.24, 2.45) is 0 Å². The molecule has 0 aliphatic carbocycles. The minimum Gasteiger partial charge on any atom is -0.337 e. The van der Waals surface area contributed by atoms with Gasteiger partial charge in [-0.3, -0.25) is 9.69 Å². The number of likely N-dealkylation sites (tertiary alicyclic amines) is 1. The average molecular weight is 328 g/mol. The van der Waals surface area contributed by atoms with Crippen LogP contribution >= 0.6 is 0 Å². The lowest BCUT2D eigenvalue weighted by Gasteiger charge is -2.24. The van der Waals surface area contributed by atoms with Gasteiger partial charge in [0.1, 0.15) is 11.6 Å². The molecule has 1 unspecified atom stereocenters. The summed E-state index contributed by atoms with van der Waals surface area (Å²) in [5.74, 6) is 0.0724. The molecule has 6 heteroatoms. The highest BCUT2D eigenvalue weighted by molar-refractivity contribution is 5.94. The van der Waals surface area contributed by atoms with Crippen molar-refractivity contribution >= 4 is 5.91 Å². The number of hydrogen-bond acceptors (Lipinski definition) is 4. The van der Waals surface area contributed by atoms with E-state index in [-0.39, 0.29) is 17.5 Å². The van der Waals surface area contributed by atoms with Crippen molar-refractivity contribution in [3.05, 3.63) is 59.4 Å². The summed E-state index contributed by atoms with van der Waals surface area (Å²) in [6.07, 6.45) is 4.31. The number of rotatable bonds is 4. The van der Waals surface area contributed by atoms with Crippen molar-refractivity contribution in [2.45, 2.75) is 25.9 Å². The summed E-state index contributed by atoms with van der Waals surface area (Å²) >= 11 is 0. The van der Waals surface area contributed by atoms with Crippen molar-refractivity contribution < 1.29 is 9.18 Å². The first-order chi connectivity index (χ1) is 11.5. The van der Waals surface area contributed by atoms with Crippen LogP contribution < -0.4 is 0 Å². The molecule has 0 N–H and O–H groups in total. The molecule has 1 fully saturated rings. The molecule has 1 aliphatic rings. The number of nitrogens with zero attached hydrogens (tertiary/aromatic N) is 4. The lowest BCUT2D eigenvalue weighted by Crippen LogP contribution is -2.36. The van der Waals surface area contributed by atoms with Crippen LogP contribution in [0, 0.1) is 12.7 Å². The number of halogens is 1. The van der Waals surface area contributed by atoms with Gasteiger partial charge in [-0.05, 0) is 44.2 Å². The van der Waals surface area contributed by atoms with Crippen LogP contribution in [0.25, 0.3) is 0 Å². The Balaban J connectivity index is 1.63. The van der Waals surface area contributed by atoms with E-state index in [0.717, 1.165) is 17.8 Å². The van der Waals surface area contributed by atoms with Crippen LogP contribution in [0.3, 0.4) is 0 Å². The van der Waals surface area contributed by atoms with E-state index in [9.17, 15) is 9.18 Å². The number of likely N-dealkylation sites (N-methyl/N-ethyl adjacent to an activating group) is 1. The summed E-state index contributed by atoms with van der Waals surface area (Å²) in [7, 11) is 2.00. The summed E-state index contributed by atoms with van der Waals surface area (Å²) < 4.78 is 14.0. The molecule has 1 aromatic heterocycles. The predicted octanol–water partition coefficient (Wildman–Crippen LogP) is 2.27. The maximum absolute atomic E-state index is 14.0. The molecule has 0 spiro atoms. The van der Waals surface area contributed by atoms with Crippen LogP contribution in [0.1, 0.15) is 28.2 Å². The van der Waals surface area contributed by atoms with Gasteiger partial charge in [-0.2, -0.15) is 0 Å². The van der Waals surface area contributed by atoms with Crippen LogP contribution in [0.4, 0.5) is 4.39 Å². The van der Waals surface area contributed by atoms with Crippen molar-refractivity contribution in [1.82, 2.24) is 19.8 Å². The zero-order valence-corrected chi connectivity index (χ0v) is 13.9. The van der Waals surface area contributed by atoms with E-state index in [0.29, 0.717) is 19.6 Å². The second kappa shape index (κ2) is 7.05. The Morgan fingerprint density at radius 2 is 2.12 bits per heavy atom. The molecule has 0 bridgehead atoms. The first kappa shape index (κ1) is 16.5. The number of aromatic nitrogens is 2. The van der Waals surface area contributed by atoms with Crippen molar-refractivity contribution in [3.63, 3.8) is 0 Å². The van der Waals surface area contributed by atoms with Crippen molar-refractivity contribution in [1.29, 1.82) is 0 Å². The number of aryl methyl sites for hydroxylation is 1. The largest absolute Gasteiger partial charge is 0.337 e. The lowest BCUT2D eigenvalue weighted by molar-refractivity contribution is 0.0774. The molecule has 1 aliphatic heterocycles. The number of carbonyl (C=O) groups is 1. The molecule has 2 aromatic rings. The quantitative estimate of drug-likeness (QED) is 0.864. The molecule has 24 heavy (non-hydrogen) atoms. The summed E-state index contributed by atoms with van der Waals surface area (Å²) in [5, 5.41) is 0. The SMILES string of the molecule is Cc1ccc(C(=O)N2CCC(N(C)Cc3ncccn3)C2)c(F)c1. The van der Waals surface area contributed by atoms with Gasteiger partial charge in [-0.1, -0.05) is 6.07 Å². The van der Waals surface area contributed by atoms with E-state index in [1.54, 1.807) is 35.5 Å². The molecular formula is C18H21FN4O. The van der Waals surface area contributed by atoms with Gasteiger partial charge in [-0.25, -0.2) is 14.4 Å². The van der Waals surface area contributed by atoms with Gasteiger partial charge in [0.15, 0.2) is 0 Å². The highest BCUT2D eigenvalue weighted by Crippen LogP contribution is 2.20. The molecule has 1 amide bonds. The maximum Gasteiger partial charge on any atom is 0.256 e. The minimum absolute atomic E-state index is 0.148. The lowest BCUT2D eigenvalue weighted by atomic mass is 10.1. The fourth-order valence-electron chi connectivity index (χ4n) is 3.01. The van der Waals surface area contributed by atoms with Gasteiger partial charge in [0, 0.05) is 31.5 Å². The van der Waals surface area contributed by atoms with Crippen LogP contribution in [-0.2, 0) is 6.54 Å². The first-order valence-electron chi connectivity index (χ1n) is 8.06. The van der Waals surface area contributed by atoms with Crippen LogP contribution in [0.15, 0.2) is 36.7 Å². The van der Waals surface area contributed by atoms with E-state index in [4.69, 9.17) is 0 Å². The summed E-state index contributed by atoms with van der Waals surface area (Å²) in [5.41, 5.74) is 0.959. The van der Waals surface area contributed by atoms with Crippen molar-refractivity contribution in [3.8, 4) is 0 Å². The number of benzene rings is 1. The van der Waals surface area contributed by atoms with Gasteiger partial charge < -0.3 is 4.90 Å². The third-order valence-corrected chi connectivity index (χ3v) is 4.44. The second-order valence-electron chi connectivity index (χ2n) is 6.26. The Bertz CT molecular complexity index is 722. The number of hydrogen-bond donors (Lipinski definition) is 0. The molecule has 0 radical (unpaired) electrons. The third-order valence-electron chi connectivity index (χ3n) is 4.44. The molecule has 1 atom stereocenters. The van der Waals surface area contributed by atoms with E-state index < -0.39 is 5.82 Å². The van der Waals surface area contributed by atoms with Gasteiger partial charge in [-0.15, -0.1) is 0 Å². The van der Waals surface area contributed by atoms with E-state index in [1.165, 1.54) is 6.07 Å². The Kier molecular flexibility index (Phi) is 4.85. The number of amides is 1. The Labute approximate surface area is 141 Å². The van der Waals surface area contributed by atoms with E-state index in [1.807, 2.05) is 14.0 Å². The van der Waals surface area contributed by atoms with Gasteiger partial charge in [0.05, 0.1) is 12.1 Å². The summed E-state index contributed by atoms with van der Waals surface area (Å²) in [6.45, 7) is 3.67. The number of carbonyl (C=O) groups excluding carboxylic acids is 1. The van der Waals surface area contributed by atoms with Gasteiger partial charge in [0.2, 0.25) is 0 Å². The van der Waals surface area contributed by atoms with Crippen LogP contribution in [0.5, 0.6) is 0 Å². The Morgan fingerprint density at radius 3 is 2.83 bits per heavy atom. The normalized spacial score (nSPS) is 17.5. The molecule has 1 aromatic carbocycles. The van der Waals surface area contributed by atoms with E-state index in [2.05, 4.69) is 14.9 Å². The zero-order valence-electron chi connectivity index (χ0n) is 13.9. The summed E-state index contributed by atoms with van der Waals surface area (Å²) in [4.78, 5) is 24.9. The maximum atomic E-state index is 14.0. The molecule has 1 saturated heterocycles. The molecule has 2 heterocycles. The van der Waals surface area contributed by atoms with Gasteiger partial charge >= 0.3 is 0 Å². The molecule has 126 valence electrons. The average Bonchev–Trinajstić information content (AvgIpc) is 3.05. The summed E-state index contributed by atoms with van der Waals surface area (Å²) in [6, 6.07) is 6.76. The monoisotopic (exact) mass is 328 g/mol. The highest BCUT2D eigenvalue weighted by Gasteiger charge is 2.30. The molecular weight excluding hydrogens is 307 g/mol. The van der Waals surface area contributed by atoms with Crippen LogP contribution in [0.2, 0.25) is 0 Å². The molecule has 0 saturated carbocycles. The zero-order chi connectivity index (χ0) is 17.1. The first-order valence-corrected chi connectivity index (χ1v) is 8.06. The predicted molar refractivity (Wildman–Crippen MR) is 88.9 cm³/mol. The fourth-order valence-corrected chi connectivity index (χ4v) is 3.01. The fraction of sp³-hybridized carbons (Fsp3) is 0.389. The highest BCUT2D eigenvalue weighted by atomic mass is 19.1. The van der Waals surface area contributed by atoms with Crippen molar-refractivity contribution in [2.75, 3.05) is 20.1 Å². The Hall–Kier alpha value is -2.34.